The highest BCUT2D eigenvalue weighted by atomic mass is 16.5. The lowest BCUT2D eigenvalue weighted by Crippen LogP contribution is -2.37. The molecule has 6 nitrogen and oxygen atoms in total. The number of para-hydroxylation sites is 1. The third-order valence-corrected chi connectivity index (χ3v) is 4.21. The maximum Gasteiger partial charge on any atom is 0.336 e. The topological polar surface area (TPSA) is 77.8 Å². The first kappa shape index (κ1) is 16.2. The average molecular weight is 351 g/mol. The highest BCUT2D eigenvalue weighted by Crippen LogP contribution is 2.27. The van der Waals surface area contributed by atoms with Crippen molar-refractivity contribution in [3.05, 3.63) is 70.6 Å². The van der Waals surface area contributed by atoms with Crippen LogP contribution in [-0.4, -0.2) is 25.2 Å². The molecule has 4 rings (SSSR count). The largest absolute Gasteiger partial charge is 0.488 e. The van der Waals surface area contributed by atoms with Crippen molar-refractivity contribution in [2.75, 3.05) is 13.2 Å². The van der Waals surface area contributed by atoms with Crippen LogP contribution in [-0.2, 0) is 11.2 Å². The fraction of sp³-hybridized carbons (Fsp3) is 0.200. The predicted molar refractivity (Wildman–Crippen MR) is 95.6 cm³/mol. The highest BCUT2D eigenvalue weighted by Gasteiger charge is 2.22. The number of benzene rings is 2. The van der Waals surface area contributed by atoms with Crippen LogP contribution in [0, 0.1) is 0 Å². The number of hydrogen-bond acceptors (Lipinski definition) is 5. The van der Waals surface area contributed by atoms with E-state index in [0.717, 1.165) is 23.1 Å². The number of nitrogens with one attached hydrogen (secondary N) is 1. The summed E-state index contributed by atoms with van der Waals surface area (Å²) in [4.78, 5) is 23.3. The van der Waals surface area contributed by atoms with Crippen LogP contribution >= 0.6 is 0 Å². The van der Waals surface area contributed by atoms with E-state index in [9.17, 15) is 9.59 Å². The molecular weight excluding hydrogens is 334 g/mol. The Morgan fingerprint density at radius 3 is 2.88 bits per heavy atom. The van der Waals surface area contributed by atoms with Gasteiger partial charge < -0.3 is 19.2 Å². The summed E-state index contributed by atoms with van der Waals surface area (Å²) in [7, 11) is 0. The molecule has 0 saturated carbocycles. The molecule has 0 spiro atoms. The molecule has 0 saturated heterocycles. The SMILES string of the molecule is O=C(COc1ccc2ccc(=O)oc2c1)NCC1Cc2ccccc2O1. The lowest BCUT2D eigenvalue weighted by Gasteiger charge is -2.12. The molecule has 132 valence electrons. The number of carbonyl (C=O) groups is 1. The molecular formula is C20H17NO5. The maximum absolute atomic E-state index is 12.0. The molecule has 2 aromatic carbocycles. The zero-order chi connectivity index (χ0) is 17.9. The highest BCUT2D eigenvalue weighted by molar-refractivity contribution is 5.79. The molecule has 1 atom stereocenters. The van der Waals surface area contributed by atoms with Gasteiger partial charge in [-0.1, -0.05) is 18.2 Å². The summed E-state index contributed by atoms with van der Waals surface area (Å²) in [5, 5.41) is 3.60. The monoisotopic (exact) mass is 351 g/mol. The Hall–Kier alpha value is -3.28. The van der Waals surface area contributed by atoms with E-state index in [1.807, 2.05) is 24.3 Å². The molecule has 1 aliphatic heterocycles. The minimum absolute atomic E-state index is 0.0636. The molecule has 0 fully saturated rings. The minimum atomic E-state index is -0.426. The second-order valence-electron chi connectivity index (χ2n) is 6.10. The van der Waals surface area contributed by atoms with Gasteiger partial charge in [0.05, 0.1) is 6.54 Å². The van der Waals surface area contributed by atoms with Crippen molar-refractivity contribution in [1.82, 2.24) is 5.32 Å². The second kappa shape index (κ2) is 6.92. The number of ether oxygens (including phenoxy) is 2. The van der Waals surface area contributed by atoms with Crippen molar-refractivity contribution in [3.63, 3.8) is 0 Å². The van der Waals surface area contributed by atoms with Gasteiger partial charge in [0.15, 0.2) is 6.61 Å². The van der Waals surface area contributed by atoms with Crippen LogP contribution in [0.5, 0.6) is 11.5 Å². The van der Waals surface area contributed by atoms with E-state index in [-0.39, 0.29) is 18.6 Å². The first-order valence-corrected chi connectivity index (χ1v) is 8.35. The standard InChI is InChI=1S/C20H17NO5/c22-19(21-11-16-9-14-3-1-2-4-17(14)25-16)12-24-15-7-5-13-6-8-20(23)26-18(13)10-15/h1-8,10,16H,9,11-12H2,(H,21,22). The lowest BCUT2D eigenvalue weighted by atomic mass is 10.1. The van der Waals surface area contributed by atoms with Crippen LogP contribution in [0.25, 0.3) is 11.0 Å². The summed E-state index contributed by atoms with van der Waals surface area (Å²) < 4.78 is 16.4. The van der Waals surface area contributed by atoms with Crippen molar-refractivity contribution in [2.45, 2.75) is 12.5 Å². The summed E-state index contributed by atoms with van der Waals surface area (Å²) in [6, 6.07) is 16.0. The Balaban J connectivity index is 1.29. The molecule has 26 heavy (non-hydrogen) atoms. The molecule has 1 N–H and O–H groups in total. The first-order chi connectivity index (χ1) is 12.7. The van der Waals surface area contributed by atoms with Gasteiger partial charge in [0, 0.05) is 23.9 Å². The number of rotatable bonds is 5. The van der Waals surface area contributed by atoms with Gasteiger partial charge in [-0.25, -0.2) is 4.79 Å². The van der Waals surface area contributed by atoms with Crippen molar-refractivity contribution in [1.29, 1.82) is 0 Å². The molecule has 0 bridgehead atoms. The quantitative estimate of drug-likeness (QED) is 0.714. The van der Waals surface area contributed by atoms with Crippen LogP contribution in [0.15, 0.2) is 63.8 Å². The summed E-state index contributed by atoms with van der Waals surface area (Å²) in [5.74, 6) is 1.10. The number of hydrogen-bond donors (Lipinski definition) is 1. The van der Waals surface area contributed by atoms with Crippen molar-refractivity contribution in [2.24, 2.45) is 0 Å². The minimum Gasteiger partial charge on any atom is -0.488 e. The number of fused-ring (bicyclic) bond motifs is 2. The van der Waals surface area contributed by atoms with E-state index < -0.39 is 5.63 Å². The fourth-order valence-corrected chi connectivity index (χ4v) is 2.93. The zero-order valence-electron chi connectivity index (χ0n) is 13.9. The molecule has 0 aliphatic carbocycles. The fourth-order valence-electron chi connectivity index (χ4n) is 2.93. The van der Waals surface area contributed by atoms with Gasteiger partial charge in [-0.3, -0.25) is 4.79 Å². The van der Waals surface area contributed by atoms with Gasteiger partial charge in [-0.05, 0) is 29.8 Å². The van der Waals surface area contributed by atoms with E-state index in [0.29, 0.717) is 17.9 Å². The van der Waals surface area contributed by atoms with Crippen LogP contribution in [0.2, 0.25) is 0 Å². The van der Waals surface area contributed by atoms with Gasteiger partial charge >= 0.3 is 5.63 Å². The molecule has 1 aliphatic rings. The number of carbonyl (C=O) groups excluding carboxylic acids is 1. The van der Waals surface area contributed by atoms with Crippen molar-refractivity contribution >= 4 is 16.9 Å². The molecule has 3 aromatic rings. The van der Waals surface area contributed by atoms with Crippen molar-refractivity contribution < 1.29 is 18.7 Å². The van der Waals surface area contributed by atoms with Gasteiger partial charge in [0.1, 0.15) is 23.2 Å². The van der Waals surface area contributed by atoms with E-state index in [4.69, 9.17) is 13.9 Å². The van der Waals surface area contributed by atoms with E-state index in [1.54, 1.807) is 24.3 Å². The normalized spacial score (nSPS) is 15.3. The Bertz CT molecular complexity index is 985. The van der Waals surface area contributed by atoms with Crippen LogP contribution < -0.4 is 20.4 Å². The van der Waals surface area contributed by atoms with Crippen LogP contribution in [0.3, 0.4) is 0 Å². The molecule has 0 radical (unpaired) electrons. The van der Waals surface area contributed by atoms with Gasteiger partial charge in [0.25, 0.3) is 5.91 Å². The molecule has 1 unspecified atom stereocenters. The predicted octanol–water partition coefficient (Wildman–Crippen LogP) is 2.29. The Morgan fingerprint density at radius 2 is 2.00 bits per heavy atom. The van der Waals surface area contributed by atoms with E-state index in [1.165, 1.54) is 6.07 Å². The van der Waals surface area contributed by atoms with Gasteiger partial charge in [-0.15, -0.1) is 0 Å². The molecule has 1 amide bonds. The Labute approximate surface area is 149 Å². The van der Waals surface area contributed by atoms with Crippen molar-refractivity contribution in [3.8, 4) is 11.5 Å². The maximum atomic E-state index is 12.0. The average Bonchev–Trinajstić information content (AvgIpc) is 3.07. The molecule has 1 aromatic heterocycles. The smallest absolute Gasteiger partial charge is 0.336 e. The summed E-state index contributed by atoms with van der Waals surface area (Å²) in [5.41, 5.74) is 1.15. The lowest BCUT2D eigenvalue weighted by molar-refractivity contribution is -0.123. The number of amides is 1. The Morgan fingerprint density at radius 1 is 1.15 bits per heavy atom. The molecule has 6 heteroatoms. The van der Waals surface area contributed by atoms with Gasteiger partial charge in [0.2, 0.25) is 0 Å². The summed E-state index contributed by atoms with van der Waals surface area (Å²) in [6.45, 7) is 0.297. The van der Waals surface area contributed by atoms with Crippen LogP contribution in [0.1, 0.15) is 5.56 Å². The third kappa shape index (κ3) is 3.54. The Kier molecular flexibility index (Phi) is 4.31. The summed E-state index contributed by atoms with van der Waals surface area (Å²) >= 11 is 0. The van der Waals surface area contributed by atoms with E-state index >= 15 is 0 Å². The molecule has 2 heterocycles. The third-order valence-electron chi connectivity index (χ3n) is 4.21. The summed E-state index contributed by atoms with van der Waals surface area (Å²) in [6.07, 6.45) is 0.715. The first-order valence-electron chi connectivity index (χ1n) is 8.35. The second-order valence-corrected chi connectivity index (χ2v) is 6.10. The van der Waals surface area contributed by atoms with E-state index in [2.05, 4.69) is 5.32 Å². The van der Waals surface area contributed by atoms with Crippen LogP contribution in [0.4, 0.5) is 0 Å². The zero-order valence-corrected chi connectivity index (χ0v) is 13.9. The van der Waals surface area contributed by atoms with Gasteiger partial charge in [-0.2, -0.15) is 0 Å².